The third kappa shape index (κ3) is 3.16. The summed E-state index contributed by atoms with van der Waals surface area (Å²) in [7, 11) is -0.0471. The molecular weight excluding hydrogens is 243 g/mol. The molecule has 2 heterocycles. The van der Waals surface area contributed by atoms with Gasteiger partial charge in [0.2, 0.25) is 0 Å². The Hall–Kier alpha value is -1.69. The number of hydrogen-bond donors (Lipinski definition) is 0. The molecule has 0 amide bonds. The second kappa shape index (κ2) is 6.30. The molecule has 18 heavy (non-hydrogen) atoms. The third-order valence-corrected chi connectivity index (χ3v) is 3.07. The van der Waals surface area contributed by atoms with Crippen molar-refractivity contribution in [2.24, 2.45) is 0 Å². The Balaban J connectivity index is 2.21. The summed E-state index contributed by atoms with van der Waals surface area (Å²) in [5.74, 6) is 0. The second-order valence-electron chi connectivity index (χ2n) is 3.93. The zero-order valence-corrected chi connectivity index (χ0v) is 11.2. The first kappa shape index (κ1) is 12.8. The Kier molecular flexibility index (Phi) is 4.46. The normalized spacial score (nSPS) is 9.83. The summed E-state index contributed by atoms with van der Waals surface area (Å²) in [6.45, 7) is 3.64. The number of hydrogen-bond acceptors (Lipinski definition) is 1. The average molecular weight is 258 g/mol. The van der Waals surface area contributed by atoms with Gasteiger partial charge in [0.25, 0.3) is 0 Å². The van der Waals surface area contributed by atoms with Crippen molar-refractivity contribution in [3.63, 3.8) is 0 Å². The summed E-state index contributed by atoms with van der Waals surface area (Å²) in [4.78, 5) is 0. The second-order valence-corrected chi connectivity index (χ2v) is 4.42. The Bertz CT molecular complexity index is 615. The first-order chi connectivity index (χ1) is 8.83. The molecule has 0 aliphatic carbocycles. The van der Waals surface area contributed by atoms with Gasteiger partial charge in [-0.25, -0.2) is 0 Å². The van der Waals surface area contributed by atoms with Crippen LogP contribution >= 0.6 is 7.92 Å². The van der Waals surface area contributed by atoms with Crippen molar-refractivity contribution >= 4 is 7.92 Å². The van der Waals surface area contributed by atoms with E-state index in [1.165, 1.54) is 11.1 Å². The Labute approximate surface area is 108 Å². The molecule has 0 aromatic carbocycles. The van der Waals surface area contributed by atoms with Crippen molar-refractivity contribution in [1.82, 2.24) is 0 Å². The van der Waals surface area contributed by atoms with Crippen molar-refractivity contribution in [3.8, 4) is 16.8 Å². The topological polar surface area (TPSA) is 24.8 Å². The predicted octanol–water partition coefficient (Wildman–Crippen LogP) is 2.20. The molecule has 90 valence electrons. The molecule has 0 bridgehead atoms. The number of aryl methyl sites for hydroxylation is 1. The minimum atomic E-state index is -0.0471. The van der Waals surface area contributed by atoms with Gasteiger partial charge in [-0.1, -0.05) is 0 Å². The minimum absolute atomic E-state index is 0.0471. The molecule has 0 fully saturated rings. The molecule has 0 atom stereocenters. The van der Waals surface area contributed by atoms with E-state index in [1.54, 1.807) is 0 Å². The summed E-state index contributed by atoms with van der Waals surface area (Å²) in [5.41, 5.74) is 5.09. The number of nitrogens with zero attached hydrogens (tertiary/aromatic N) is 2. The molecule has 0 radical (unpaired) electrons. The van der Waals surface area contributed by atoms with Crippen molar-refractivity contribution in [1.29, 1.82) is 0 Å². The van der Waals surface area contributed by atoms with Gasteiger partial charge in [-0.15, -0.1) is 0 Å². The SMILES string of the molecule is CC[n+]1ccc(-c2cc[n+](CC#P=O)cc2)cc1. The quantitative estimate of drug-likeness (QED) is 0.612. The molecule has 0 N–H and O–H groups in total. The van der Waals surface area contributed by atoms with Gasteiger partial charge in [0, 0.05) is 0 Å². The maximum atomic E-state index is 10.3. The van der Waals surface area contributed by atoms with Crippen LogP contribution < -0.4 is 9.13 Å². The number of pyridine rings is 2. The Morgan fingerprint density at radius 3 is 1.94 bits per heavy atom. The van der Waals surface area contributed by atoms with Crippen LogP contribution in [0, 0.1) is 5.63 Å². The van der Waals surface area contributed by atoms with Gasteiger partial charge in [0.15, 0.2) is 0 Å². The monoisotopic (exact) mass is 258 g/mol. The van der Waals surface area contributed by atoms with E-state index < -0.39 is 0 Å². The van der Waals surface area contributed by atoms with Crippen molar-refractivity contribution in [2.75, 3.05) is 0 Å². The van der Waals surface area contributed by atoms with E-state index in [2.05, 4.69) is 53.8 Å². The van der Waals surface area contributed by atoms with E-state index in [-0.39, 0.29) is 7.92 Å². The fourth-order valence-electron chi connectivity index (χ4n) is 1.73. The molecule has 0 spiro atoms. The van der Waals surface area contributed by atoms with Crippen LogP contribution in [0.2, 0.25) is 0 Å². The van der Waals surface area contributed by atoms with Gasteiger partial charge >= 0.3 is 107 Å². The average Bonchev–Trinajstić information content (AvgIpc) is 2.46. The van der Waals surface area contributed by atoms with Gasteiger partial charge in [0.1, 0.15) is 0 Å². The summed E-state index contributed by atoms with van der Waals surface area (Å²) < 4.78 is 14.4. The standard InChI is InChI=1S/C14H15N2OP/c1-2-15-7-3-13(4-8-15)14-5-9-16(10-6-14)11-12-18-17/h3-10H,2,11H2,1H3/q+2. The van der Waals surface area contributed by atoms with Crippen molar-refractivity contribution in [2.45, 2.75) is 20.0 Å². The molecule has 0 saturated carbocycles. The summed E-state index contributed by atoms with van der Waals surface area (Å²) >= 11 is 0. The first-order valence-electron chi connectivity index (χ1n) is 5.87. The predicted molar refractivity (Wildman–Crippen MR) is 69.4 cm³/mol. The number of rotatable bonds is 3. The van der Waals surface area contributed by atoms with Gasteiger partial charge in [-0.3, -0.25) is 0 Å². The van der Waals surface area contributed by atoms with E-state index in [9.17, 15) is 4.57 Å². The molecular formula is C14H15N2OP+2. The van der Waals surface area contributed by atoms with Crippen LogP contribution in [0.25, 0.3) is 11.1 Å². The summed E-state index contributed by atoms with van der Waals surface area (Å²) in [5, 5.41) is 0. The molecule has 0 aliphatic heterocycles. The third-order valence-electron chi connectivity index (χ3n) is 2.80. The Morgan fingerprint density at radius 2 is 1.50 bits per heavy atom. The van der Waals surface area contributed by atoms with Crippen LogP contribution in [0.15, 0.2) is 49.1 Å². The van der Waals surface area contributed by atoms with Gasteiger partial charge in [-0.05, 0) is 0 Å². The van der Waals surface area contributed by atoms with Crippen LogP contribution in [-0.4, -0.2) is 0 Å². The fraction of sp³-hybridized carbons (Fsp3) is 0.214. The van der Waals surface area contributed by atoms with Crippen LogP contribution in [0.4, 0.5) is 0 Å². The van der Waals surface area contributed by atoms with E-state index in [1.807, 2.05) is 17.0 Å². The summed E-state index contributed by atoms with van der Waals surface area (Å²) in [6.07, 6.45) is 8.09. The van der Waals surface area contributed by atoms with Crippen molar-refractivity contribution in [3.05, 3.63) is 49.1 Å². The van der Waals surface area contributed by atoms with Crippen LogP contribution in [-0.2, 0) is 17.7 Å². The van der Waals surface area contributed by atoms with E-state index in [0.717, 1.165) is 6.54 Å². The van der Waals surface area contributed by atoms with E-state index in [0.29, 0.717) is 6.54 Å². The maximum absolute atomic E-state index is 10.3. The zero-order chi connectivity index (χ0) is 12.8. The van der Waals surface area contributed by atoms with Gasteiger partial charge < -0.3 is 0 Å². The molecule has 2 rings (SSSR count). The number of aromatic nitrogens is 2. The molecule has 2 aromatic heterocycles. The van der Waals surface area contributed by atoms with E-state index in [4.69, 9.17) is 0 Å². The summed E-state index contributed by atoms with van der Waals surface area (Å²) in [6, 6.07) is 8.32. The molecule has 0 unspecified atom stereocenters. The molecule has 0 saturated heterocycles. The van der Waals surface area contributed by atoms with Crippen molar-refractivity contribution < 1.29 is 13.7 Å². The molecule has 0 aliphatic rings. The van der Waals surface area contributed by atoms with Crippen LogP contribution in [0.1, 0.15) is 6.92 Å². The van der Waals surface area contributed by atoms with Gasteiger partial charge in [-0.2, -0.15) is 0 Å². The van der Waals surface area contributed by atoms with Crippen LogP contribution in [0.5, 0.6) is 0 Å². The molecule has 4 heteroatoms. The van der Waals surface area contributed by atoms with E-state index >= 15 is 0 Å². The zero-order valence-electron chi connectivity index (χ0n) is 10.3. The van der Waals surface area contributed by atoms with Crippen LogP contribution in [0.3, 0.4) is 0 Å². The molecule has 2 aromatic rings. The van der Waals surface area contributed by atoms with Gasteiger partial charge in [0.05, 0.1) is 0 Å². The Morgan fingerprint density at radius 1 is 1.00 bits per heavy atom. The fourth-order valence-corrected chi connectivity index (χ4v) is 1.95. The molecule has 3 nitrogen and oxygen atoms in total. The first-order valence-corrected chi connectivity index (χ1v) is 6.68.